The number of hydrogen-bond donors (Lipinski definition) is 0. The van der Waals surface area contributed by atoms with Crippen molar-refractivity contribution in [3.8, 4) is 11.8 Å². The summed E-state index contributed by atoms with van der Waals surface area (Å²) in [6, 6.07) is 13.7. The van der Waals surface area contributed by atoms with Crippen molar-refractivity contribution in [1.29, 1.82) is 5.26 Å². The summed E-state index contributed by atoms with van der Waals surface area (Å²) in [7, 11) is 0. The fraction of sp³-hybridized carbons (Fsp3) is 0.211. The molecule has 0 spiro atoms. The molecule has 2 aromatic rings. The van der Waals surface area contributed by atoms with Crippen molar-refractivity contribution >= 4 is 33.3 Å². The molecule has 0 amide bonds. The summed E-state index contributed by atoms with van der Waals surface area (Å²) in [5.74, 6) is 0.750. The Morgan fingerprint density at radius 3 is 2.56 bits per heavy atom. The van der Waals surface area contributed by atoms with Crippen molar-refractivity contribution in [2.24, 2.45) is 0 Å². The summed E-state index contributed by atoms with van der Waals surface area (Å²) < 4.78 is 6.61. The average Bonchev–Trinajstić information content (AvgIpc) is 2.61. The molecule has 2 aromatic carbocycles. The maximum absolute atomic E-state index is 10.7. The molecule has 0 heterocycles. The largest absolute Gasteiger partial charge is 0.490 e. The lowest BCUT2D eigenvalue weighted by molar-refractivity contribution is -0.384. The van der Waals surface area contributed by atoms with Gasteiger partial charge in [0.1, 0.15) is 5.75 Å². The van der Waals surface area contributed by atoms with E-state index in [1.165, 1.54) is 12.1 Å². The molecule has 5 nitrogen and oxygen atoms in total. The number of nitro benzene ring substituents is 1. The molecule has 25 heavy (non-hydrogen) atoms. The van der Waals surface area contributed by atoms with Gasteiger partial charge in [-0.2, -0.15) is 5.26 Å². The van der Waals surface area contributed by atoms with Gasteiger partial charge in [-0.3, -0.25) is 10.1 Å². The first kappa shape index (κ1) is 18.7. The first-order valence-corrected chi connectivity index (χ1v) is 8.56. The van der Waals surface area contributed by atoms with Crippen molar-refractivity contribution in [3.63, 3.8) is 0 Å². The zero-order chi connectivity index (χ0) is 18.4. The van der Waals surface area contributed by atoms with Crippen LogP contribution in [0.4, 0.5) is 5.69 Å². The Bertz CT molecular complexity index is 839. The zero-order valence-electron chi connectivity index (χ0n) is 13.9. The van der Waals surface area contributed by atoms with E-state index in [4.69, 9.17) is 4.74 Å². The molecule has 0 N–H and O–H groups in total. The summed E-state index contributed by atoms with van der Waals surface area (Å²) in [5, 5.41) is 20.1. The molecular formula is C19H17BrN2O3. The topological polar surface area (TPSA) is 76.2 Å². The highest BCUT2D eigenvalue weighted by Gasteiger charge is 2.09. The number of hydrogen-bond acceptors (Lipinski definition) is 4. The van der Waals surface area contributed by atoms with Gasteiger partial charge in [0.2, 0.25) is 0 Å². The maximum atomic E-state index is 10.7. The van der Waals surface area contributed by atoms with Gasteiger partial charge in [-0.25, -0.2) is 0 Å². The standard InChI is InChI=1S/C19H17BrN2O3/c1-3-13(2)25-19-9-4-14(11-18(19)20)10-16(12-21)15-5-7-17(8-6-15)22(23)24/h4-11,13H,3H2,1-2H3/b16-10-/t13-/m0/s1. The van der Waals surface area contributed by atoms with Gasteiger partial charge >= 0.3 is 0 Å². The molecule has 128 valence electrons. The highest BCUT2D eigenvalue weighted by Crippen LogP contribution is 2.29. The average molecular weight is 401 g/mol. The van der Waals surface area contributed by atoms with Crippen LogP contribution in [0.1, 0.15) is 31.4 Å². The Morgan fingerprint density at radius 2 is 2.04 bits per heavy atom. The van der Waals surface area contributed by atoms with E-state index in [9.17, 15) is 15.4 Å². The predicted octanol–water partition coefficient (Wildman–Crippen LogP) is 5.60. The van der Waals surface area contributed by atoms with Crippen LogP contribution in [0.25, 0.3) is 11.6 Å². The SMILES string of the molecule is CC[C@H](C)Oc1ccc(/C=C(/C#N)c2ccc([N+](=O)[O-])cc2)cc1Br. The molecule has 2 rings (SSSR count). The minimum absolute atomic E-state index is 0.00432. The lowest BCUT2D eigenvalue weighted by atomic mass is 10.0. The smallest absolute Gasteiger partial charge is 0.269 e. The van der Waals surface area contributed by atoms with Crippen LogP contribution >= 0.6 is 15.9 Å². The van der Waals surface area contributed by atoms with Crippen molar-refractivity contribution in [3.05, 3.63) is 68.2 Å². The van der Waals surface area contributed by atoms with Crippen molar-refractivity contribution in [2.45, 2.75) is 26.4 Å². The summed E-state index contributed by atoms with van der Waals surface area (Å²) in [6.45, 7) is 4.06. The molecule has 0 unspecified atom stereocenters. The monoisotopic (exact) mass is 400 g/mol. The number of halogens is 1. The quantitative estimate of drug-likeness (QED) is 0.273. The Kier molecular flexibility index (Phi) is 6.31. The van der Waals surface area contributed by atoms with Gasteiger partial charge in [0.25, 0.3) is 5.69 Å². The van der Waals surface area contributed by atoms with E-state index in [0.717, 1.165) is 22.2 Å². The normalized spacial score (nSPS) is 12.3. The second-order valence-corrected chi connectivity index (χ2v) is 6.35. The molecule has 6 heteroatoms. The molecule has 0 bridgehead atoms. The maximum Gasteiger partial charge on any atom is 0.269 e. The van der Waals surface area contributed by atoms with Crippen LogP contribution in [-0.2, 0) is 0 Å². The van der Waals surface area contributed by atoms with Gasteiger partial charge in [-0.15, -0.1) is 0 Å². The minimum atomic E-state index is -0.466. The third-order valence-corrected chi connectivity index (χ3v) is 4.30. The lowest BCUT2D eigenvalue weighted by Gasteiger charge is -2.14. The van der Waals surface area contributed by atoms with Crippen LogP contribution < -0.4 is 4.74 Å². The number of allylic oxidation sites excluding steroid dienone is 1. The van der Waals surface area contributed by atoms with E-state index in [1.54, 1.807) is 18.2 Å². The van der Waals surface area contributed by atoms with Crippen molar-refractivity contribution < 1.29 is 9.66 Å². The first-order chi connectivity index (χ1) is 11.9. The van der Waals surface area contributed by atoms with E-state index < -0.39 is 4.92 Å². The van der Waals surface area contributed by atoms with Gasteiger partial charge < -0.3 is 4.74 Å². The van der Waals surface area contributed by atoms with Crippen LogP contribution in [0.2, 0.25) is 0 Å². The van der Waals surface area contributed by atoms with Crippen LogP contribution in [0.15, 0.2) is 46.9 Å². The van der Waals surface area contributed by atoms with Gasteiger partial charge in [0.15, 0.2) is 0 Å². The van der Waals surface area contributed by atoms with Gasteiger partial charge in [0, 0.05) is 12.1 Å². The van der Waals surface area contributed by atoms with Crippen LogP contribution in [0.3, 0.4) is 0 Å². The van der Waals surface area contributed by atoms with Crippen molar-refractivity contribution in [1.82, 2.24) is 0 Å². The van der Waals surface area contributed by atoms with Crippen LogP contribution in [0.5, 0.6) is 5.75 Å². The van der Waals surface area contributed by atoms with Crippen molar-refractivity contribution in [2.75, 3.05) is 0 Å². The summed E-state index contributed by atoms with van der Waals surface area (Å²) in [6.07, 6.45) is 2.76. The lowest BCUT2D eigenvalue weighted by Crippen LogP contribution is -2.09. The molecule has 1 atom stereocenters. The number of rotatable bonds is 6. The number of benzene rings is 2. The molecular weight excluding hydrogens is 384 g/mol. The highest BCUT2D eigenvalue weighted by atomic mass is 79.9. The van der Waals surface area contributed by atoms with E-state index in [2.05, 4.69) is 28.9 Å². The zero-order valence-corrected chi connectivity index (χ0v) is 15.5. The second kappa shape index (κ2) is 8.45. The molecule has 0 aliphatic carbocycles. The fourth-order valence-corrected chi connectivity index (χ4v) is 2.60. The van der Waals surface area contributed by atoms with E-state index in [1.807, 2.05) is 25.1 Å². The fourth-order valence-electron chi connectivity index (χ4n) is 2.11. The number of non-ortho nitro benzene ring substituents is 1. The van der Waals surface area contributed by atoms with E-state index in [-0.39, 0.29) is 11.8 Å². The van der Waals surface area contributed by atoms with Gasteiger partial charge in [0.05, 0.1) is 27.1 Å². The summed E-state index contributed by atoms with van der Waals surface area (Å²) in [4.78, 5) is 10.3. The number of nitriles is 1. The van der Waals surface area contributed by atoms with Gasteiger partial charge in [-0.1, -0.05) is 13.0 Å². The van der Waals surface area contributed by atoms with Crippen LogP contribution in [-0.4, -0.2) is 11.0 Å². The second-order valence-electron chi connectivity index (χ2n) is 5.50. The molecule has 0 radical (unpaired) electrons. The number of nitrogens with zero attached hydrogens (tertiary/aromatic N) is 2. The first-order valence-electron chi connectivity index (χ1n) is 7.77. The third kappa shape index (κ3) is 4.91. The highest BCUT2D eigenvalue weighted by molar-refractivity contribution is 9.10. The molecule has 0 saturated carbocycles. The Hall–Kier alpha value is -2.65. The predicted molar refractivity (Wildman–Crippen MR) is 101 cm³/mol. The molecule has 0 fully saturated rings. The molecule has 0 aromatic heterocycles. The van der Waals surface area contributed by atoms with E-state index in [0.29, 0.717) is 11.1 Å². The molecule has 0 aliphatic rings. The molecule has 0 aliphatic heterocycles. The minimum Gasteiger partial charge on any atom is -0.490 e. The van der Waals surface area contributed by atoms with Gasteiger partial charge in [-0.05, 0) is 70.7 Å². The van der Waals surface area contributed by atoms with Crippen LogP contribution in [0, 0.1) is 21.4 Å². The summed E-state index contributed by atoms with van der Waals surface area (Å²) in [5.41, 5.74) is 1.88. The Morgan fingerprint density at radius 1 is 1.36 bits per heavy atom. The Labute approximate surface area is 154 Å². The molecule has 0 saturated heterocycles. The summed E-state index contributed by atoms with van der Waals surface area (Å²) >= 11 is 3.49. The van der Waals surface area contributed by atoms with E-state index >= 15 is 0 Å². The number of nitro groups is 1. The number of ether oxygens (including phenoxy) is 1. The third-order valence-electron chi connectivity index (χ3n) is 3.68. The Balaban J connectivity index is 2.29.